The number of carbonyl (C=O) groups is 1. The van der Waals surface area contributed by atoms with Crippen LogP contribution >= 0.6 is 0 Å². The summed E-state index contributed by atoms with van der Waals surface area (Å²) >= 11 is 0. The molecule has 4 N–H and O–H groups in total. The van der Waals surface area contributed by atoms with Crippen molar-refractivity contribution in [3.05, 3.63) is 111 Å². The van der Waals surface area contributed by atoms with Crippen LogP contribution in [0.1, 0.15) is 70.6 Å². The maximum absolute atomic E-state index is 13.6. The van der Waals surface area contributed by atoms with Gasteiger partial charge in [0.2, 0.25) is 0 Å². The van der Waals surface area contributed by atoms with E-state index in [1.54, 1.807) is 24.3 Å². The fraction of sp³-hybridized carbons (Fsp3) is 0.290. The largest absolute Gasteiger partial charge is 0.416 e. The van der Waals surface area contributed by atoms with Gasteiger partial charge in [-0.25, -0.2) is 5.21 Å². The molecule has 0 bridgehead atoms. The number of aromatic amines is 1. The Kier molecular flexibility index (Phi) is 9.95. The Morgan fingerprint density at radius 3 is 2.08 bits per heavy atom. The molecule has 4 aromatic rings. The van der Waals surface area contributed by atoms with Crippen LogP contribution in [0.3, 0.4) is 0 Å². The molecule has 0 saturated heterocycles. The lowest BCUT2D eigenvalue weighted by atomic mass is 9.84. The first kappa shape index (κ1) is 33.9. The number of halogens is 6. The number of nitrogens with one attached hydrogen (secondary N) is 3. The molecule has 0 radical (unpaired) electrons. The molecule has 11 nitrogen and oxygen atoms in total. The van der Waals surface area contributed by atoms with Crippen molar-refractivity contribution in [2.75, 3.05) is 15.5 Å². The lowest BCUT2D eigenvalue weighted by Crippen LogP contribution is -2.28. The molecule has 1 aromatic heterocycles. The van der Waals surface area contributed by atoms with Crippen molar-refractivity contribution in [3.63, 3.8) is 0 Å². The molecule has 5 rings (SSSR count). The Bertz CT molecular complexity index is 1720. The average Bonchev–Trinajstić information content (AvgIpc) is 3.56. The Balaban J connectivity index is 1.51. The lowest BCUT2D eigenvalue weighted by molar-refractivity contribution is -0.742. The van der Waals surface area contributed by atoms with E-state index >= 15 is 0 Å². The zero-order valence-corrected chi connectivity index (χ0v) is 25.0. The van der Waals surface area contributed by atoms with E-state index in [1.807, 2.05) is 12.1 Å². The summed E-state index contributed by atoms with van der Waals surface area (Å²) in [6, 6.07) is 14.2. The highest BCUT2D eigenvalue weighted by Gasteiger charge is 2.37. The second-order valence-electron chi connectivity index (χ2n) is 11.1. The van der Waals surface area contributed by atoms with Crippen LogP contribution in [0.4, 0.5) is 43.7 Å². The molecule has 3 aromatic carbocycles. The average molecular weight is 676 g/mol. The number of hydrogen-bond donors (Lipinski definition) is 4. The normalized spacial score (nSPS) is 14.4. The predicted octanol–water partition coefficient (Wildman–Crippen LogP) is 7.62. The molecular formula is C31H29F6N8O3+. The highest BCUT2D eigenvalue weighted by molar-refractivity contribution is 6.03. The zero-order valence-electron chi connectivity index (χ0n) is 25.0. The first-order chi connectivity index (χ1) is 22.8. The van der Waals surface area contributed by atoms with Gasteiger partial charge in [-0.05, 0) is 77.6 Å². The number of carbonyl (C=O) groups excluding carboxylic acids is 1. The summed E-state index contributed by atoms with van der Waals surface area (Å²) in [5.41, 5.74) is -1.58. The van der Waals surface area contributed by atoms with E-state index in [0.717, 1.165) is 37.7 Å². The van der Waals surface area contributed by atoms with Gasteiger partial charge >= 0.3 is 18.6 Å². The number of H-pyrrole nitrogens is 1. The number of nitrogens with zero attached hydrogens (tertiary/aromatic N) is 5. The molecule has 1 amide bonds. The van der Waals surface area contributed by atoms with Crippen molar-refractivity contribution in [1.29, 1.82) is 0 Å². The minimum absolute atomic E-state index is 0.0152. The smallest absolute Gasteiger partial charge is 0.336 e. The van der Waals surface area contributed by atoms with Gasteiger partial charge in [0.1, 0.15) is 0 Å². The summed E-state index contributed by atoms with van der Waals surface area (Å²) in [5.74, 6) is -0.611. The van der Waals surface area contributed by atoms with Gasteiger partial charge in [0.25, 0.3) is 16.8 Å². The first-order valence-electron chi connectivity index (χ1n) is 14.7. The van der Waals surface area contributed by atoms with Crippen molar-refractivity contribution in [2.24, 2.45) is 0 Å². The fourth-order valence-electron chi connectivity index (χ4n) is 5.46. The highest BCUT2D eigenvalue weighted by Crippen LogP contribution is 2.39. The van der Waals surface area contributed by atoms with Crippen molar-refractivity contribution >= 4 is 23.2 Å². The number of aromatic nitrogens is 4. The third kappa shape index (κ3) is 8.65. The summed E-state index contributed by atoms with van der Waals surface area (Å²) in [4.78, 5) is 25.3. The maximum Gasteiger partial charge on any atom is 0.416 e. The second kappa shape index (κ2) is 14.1. The molecule has 0 spiro atoms. The first-order valence-corrected chi connectivity index (χ1v) is 14.7. The highest BCUT2D eigenvalue weighted by atomic mass is 19.4. The molecule has 0 atom stereocenters. The Morgan fingerprint density at radius 1 is 0.917 bits per heavy atom. The van der Waals surface area contributed by atoms with Crippen LogP contribution in [-0.4, -0.2) is 36.7 Å². The van der Waals surface area contributed by atoms with E-state index in [4.69, 9.17) is 0 Å². The van der Waals surface area contributed by atoms with Crippen LogP contribution in [0.2, 0.25) is 0 Å². The van der Waals surface area contributed by atoms with Gasteiger partial charge < -0.3 is 10.2 Å². The standard InChI is InChI=1S/C31H28F6N8O3/c32-30(33,34)23-14-24(31(35,36)37)16-25(15-23)38-27(18-45(47)48)44(26-12-10-21(11-13-26)20-4-2-1-3-5-20)17-19-6-8-22(9-7-19)28(46)39-29-40-42-43-41-29/h6-16,18,20,38H,1-5,17H2,(H2-,39,40,41,42,43,46,47,48)/p+1/b27-18-. The number of anilines is 3. The summed E-state index contributed by atoms with van der Waals surface area (Å²) in [6.07, 6.45) is -4.31. The van der Waals surface area contributed by atoms with E-state index < -0.39 is 40.0 Å². The number of benzene rings is 3. The van der Waals surface area contributed by atoms with E-state index in [9.17, 15) is 41.3 Å². The van der Waals surface area contributed by atoms with Gasteiger partial charge in [0.05, 0.1) is 16.0 Å². The monoisotopic (exact) mass is 675 g/mol. The maximum atomic E-state index is 13.6. The second-order valence-corrected chi connectivity index (χ2v) is 11.1. The molecule has 1 heterocycles. The molecule has 0 aliphatic heterocycles. The molecule has 1 fully saturated rings. The number of rotatable bonds is 10. The molecule has 1 aliphatic rings. The van der Waals surface area contributed by atoms with E-state index in [0.29, 0.717) is 35.5 Å². The Hall–Kier alpha value is -5.48. The van der Waals surface area contributed by atoms with Crippen molar-refractivity contribution in [1.82, 2.24) is 20.6 Å². The van der Waals surface area contributed by atoms with Crippen LogP contribution in [0.5, 0.6) is 0 Å². The quantitative estimate of drug-likeness (QED) is 0.0995. The Labute approximate surface area is 269 Å². The van der Waals surface area contributed by atoms with Crippen LogP contribution in [0.15, 0.2) is 78.8 Å². The summed E-state index contributed by atoms with van der Waals surface area (Å²) in [7, 11) is 0. The van der Waals surface area contributed by atoms with Crippen molar-refractivity contribution in [2.45, 2.75) is 56.9 Å². The summed E-state index contributed by atoms with van der Waals surface area (Å²) in [6.45, 7) is -0.104. The molecule has 1 saturated carbocycles. The van der Waals surface area contributed by atoms with Gasteiger partial charge in [-0.3, -0.25) is 10.1 Å². The van der Waals surface area contributed by atoms with Gasteiger partial charge in [0.15, 0.2) is 5.82 Å². The zero-order chi connectivity index (χ0) is 34.5. The van der Waals surface area contributed by atoms with Gasteiger partial charge in [-0.1, -0.05) is 48.6 Å². The van der Waals surface area contributed by atoms with E-state index in [1.165, 1.54) is 17.0 Å². The summed E-state index contributed by atoms with van der Waals surface area (Å²) < 4.78 is 81.7. The topological polar surface area (TPSA) is 139 Å². The van der Waals surface area contributed by atoms with E-state index in [-0.39, 0.29) is 29.9 Å². The molecule has 1 aliphatic carbocycles. The number of tetrazole rings is 1. The third-order valence-electron chi connectivity index (χ3n) is 7.79. The summed E-state index contributed by atoms with van der Waals surface area (Å²) in [5, 5.41) is 27.4. The van der Waals surface area contributed by atoms with Gasteiger partial charge in [-0.2, -0.15) is 31.6 Å². The van der Waals surface area contributed by atoms with Gasteiger partial charge in [-0.15, -0.1) is 5.10 Å². The van der Waals surface area contributed by atoms with Crippen molar-refractivity contribution < 1.29 is 41.3 Å². The minimum atomic E-state index is -5.12. The van der Waals surface area contributed by atoms with Crippen molar-refractivity contribution in [3.8, 4) is 0 Å². The predicted molar refractivity (Wildman–Crippen MR) is 161 cm³/mol. The SMILES string of the molecule is O=C(Nc1nn[nH]n1)c1ccc(CN(/C(=C\[N+](=O)O)Nc2cc(C(F)(F)F)cc(C(F)(F)F)c2)c2ccc(C3CCCCC3)cc2)cc1. The number of amides is 1. The van der Waals surface area contributed by atoms with Crippen LogP contribution in [-0.2, 0) is 18.9 Å². The molecule has 17 heteroatoms. The molecule has 252 valence electrons. The molecule has 48 heavy (non-hydrogen) atoms. The van der Waals surface area contributed by atoms with E-state index in [2.05, 4.69) is 31.3 Å². The lowest BCUT2D eigenvalue weighted by Gasteiger charge is -2.28. The van der Waals surface area contributed by atoms with Crippen LogP contribution in [0, 0.1) is 4.91 Å². The molecule has 0 unspecified atom stereocenters. The third-order valence-corrected chi connectivity index (χ3v) is 7.79. The van der Waals surface area contributed by atoms with Crippen LogP contribution in [0.25, 0.3) is 0 Å². The fourth-order valence-corrected chi connectivity index (χ4v) is 5.46. The Morgan fingerprint density at radius 2 is 1.54 bits per heavy atom. The molecular weight excluding hydrogens is 646 g/mol. The number of alkyl halides is 6. The van der Waals surface area contributed by atoms with Gasteiger partial charge in [0, 0.05) is 23.5 Å². The minimum Gasteiger partial charge on any atom is -0.336 e. The van der Waals surface area contributed by atoms with Crippen LogP contribution < -0.4 is 15.5 Å². The number of hydrogen-bond acceptors (Lipinski definition) is 7.